The minimum absolute atomic E-state index is 0.106. The molecule has 1 aliphatic rings. The molecular weight excluding hydrogens is 332 g/mol. The molecule has 0 atom stereocenters. The molecule has 1 N–H and O–H groups in total. The van der Waals surface area contributed by atoms with Crippen LogP contribution in [0, 0.1) is 0 Å². The molecule has 1 amide bonds. The number of benzene rings is 1. The first-order chi connectivity index (χ1) is 7.64. The fraction of sp³-hybridized carbons (Fsp3) is 0.125. The van der Waals surface area contributed by atoms with Gasteiger partial charge in [-0.25, -0.2) is 8.42 Å². The largest absolute Gasteiger partial charge is 0.323 e. The third kappa shape index (κ3) is 2.11. The van der Waals surface area contributed by atoms with Gasteiger partial charge in [-0.2, -0.15) is 0 Å². The Morgan fingerprint density at radius 2 is 1.82 bits per heavy atom. The zero-order valence-corrected chi connectivity index (χ0v) is 11.6. The van der Waals surface area contributed by atoms with Crippen molar-refractivity contribution in [1.82, 2.24) is 0 Å². The van der Waals surface area contributed by atoms with E-state index in [2.05, 4.69) is 5.32 Å². The number of hydrogen-bond donors (Lipinski definition) is 1. The Kier molecular flexibility index (Phi) is 3.03. The second-order valence-electron chi connectivity index (χ2n) is 3.29. The normalized spacial score (nSPS) is 17.8. The summed E-state index contributed by atoms with van der Waals surface area (Å²) < 4.78 is 20.6. The highest BCUT2D eigenvalue weighted by Crippen LogP contribution is 2.47. The maximum atomic E-state index is 11.4. The number of halogens is 4. The molecule has 0 saturated heterocycles. The molecule has 9 heteroatoms. The maximum Gasteiger partial charge on any atom is 0.265 e. The van der Waals surface area contributed by atoms with Crippen LogP contribution in [0.2, 0.25) is 5.02 Å². The lowest BCUT2D eigenvalue weighted by molar-refractivity contribution is -0.116. The molecule has 1 aromatic carbocycles. The molecule has 17 heavy (non-hydrogen) atoms. The molecule has 0 fully saturated rings. The van der Waals surface area contributed by atoms with E-state index in [9.17, 15) is 13.2 Å². The monoisotopic (exact) mass is 333 g/mol. The van der Waals surface area contributed by atoms with Gasteiger partial charge in [0, 0.05) is 21.9 Å². The van der Waals surface area contributed by atoms with E-state index >= 15 is 0 Å². The van der Waals surface area contributed by atoms with Crippen LogP contribution in [0.3, 0.4) is 0 Å². The standard InChI is InChI=1S/C8H3Cl4NO3S/c9-4-2-5-3(1-6(4)17(12,15)16)8(10,11)7(14)13-5/h1-2H,(H,13,14). The fourth-order valence-corrected chi connectivity index (χ4v) is 3.35. The van der Waals surface area contributed by atoms with Crippen LogP contribution in [0.15, 0.2) is 17.0 Å². The van der Waals surface area contributed by atoms with Gasteiger partial charge >= 0.3 is 0 Å². The van der Waals surface area contributed by atoms with Crippen LogP contribution < -0.4 is 5.32 Å². The van der Waals surface area contributed by atoms with E-state index in [4.69, 9.17) is 45.5 Å². The van der Waals surface area contributed by atoms with Gasteiger partial charge in [-0.1, -0.05) is 34.8 Å². The van der Waals surface area contributed by atoms with Gasteiger partial charge in [0.15, 0.2) is 0 Å². The molecule has 4 nitrogen and oxygen atoms in total. The van der Waals surface area contributed by atoms with Crippen molar-refractivity contribution in [3.8, 4) is 0 Å². The van der Waals surface area contributed by atoms with Crippen LogP contribution in [-0.2, 0) is 18.2 Å². The summed E-state index contributed by atoms with van der Waals surface area (Å²) in [6.45, 7) is 0. The van der Waals surface area contributed by atoms with Gasteiger partial charge in [-0.15, -0.1) is 0 Å². The van der Waals surface area contributed by atoms with Crippen molar-refractivity contribution in [2.24, 2.45) is 0 Å². The summed E-state index contributed by atoms with van der Waals surface area (Å²) in [5.74, 6) is -0.670. The SMILES string of the molecule is O=C1Nc2cc(Cl)c(S(=O)(=O)Cl)cc2C1(Cl)Cl. The van der Waals surface area contributed by atoms with Crippen LogP contribution in [0.1, 0.15) is 5.56 Å². The number of anilines is 1. The minimum atomic E-state index is -4.04. The van der Waals surface area contributed by atoms with Crippen molar-refractivity contribution >= 4 is 66.1 Å². The Balaban J connectivity index is 2.75. The van der Waals surface area contributed by atoms with E-state index in [1.54, 1.807) is 0 Å². The van der Waals surface area contributed by atoms with Gasteiger partial charge in [0.2, 0.25) is 4.33 Å². The zero-order chi connectivity index (χ0) is 13.0. The summed E-state index contributed by atoms with van der Waals surface area (Å²) in [4.78, 5) is 11.1. The Morgan fingerprint density at radius 1 is 1.24 bits per heavy atom. The first-order valence-electron chi connectivity index (χ1n) is 4.12. The van der Waals surface area contributed by atoms with Gasteiger partial charge in [0.1, 0.15) is 4.90 Å². The van der Waals surface area contributed by atoms with Crippen LogP contribution in [0.25, 0.3) is 0 Å². The van der Waals surface area contributed by atoms with Crippen molar-refractivity contribution in [2.45, 2.75) is 9.23 Å². The second-order valence-corrected chi connectivity index (χ2v) is 7.56. The van der Waals surface area contributed by atoms with Crippen LogP contribution in [0.5, 0.6) is 0 Å². The topological polar surface area (TPSA) is 63.2 Å². The highest BCUT2D eigenvalue weighted by molar-refractivity contribution is 8.13. The molecular formula is C8H3Cl4NO3S. The summed E-state index contributed by atoms with van der Waals surface area (Å²) in [5, 5.41) is 2.26. The van der Waals surface area contributed by atoms with E-state index in [1.165, 1.54) is 6.07 Å². The first-order valence-corrected chi connectivity index (χ1v) is 7.56. The highest BCUT2D eigenvalue weighted by Gasteiger charge is 2.44. The van der Waals surface area contributed by atoms with E-state index in [-0.39, 0.29) is 21.2 Å². The number of carbonyl (C=O) groups is 1. The zero-order valence-electron chi connectivity index (χ0n) is 7.80. The van der Waals surface area contributed by atoms with Crippen LogP contribution in [0.4, 0.5) is 5.69 Å². The lowest BCUT2D eigenvalue weighted by Gasteiger charge is -2.10. The molecule has 0 unspecified atom stereocenters. The Bertz CT molecular complexity index is 626. The predicted molar refractivity (Wildman–Crippen MR) is 66.5 cm³/mol. The second kappa shape index (κ2) is 3.90. The van der Waals surface area contributed by atoms with Gasteiger partial charge < -0.3 is 5.32 Å². The van der Waals surface area contributed by atoms with Crippen molar-refractivity contribution in [3.05, 3.63) is 22.7 Å². The van der Waals surface area contributed by atoms with Gasteiger partial charge in [-0.05, 0) is 12.1 Å². The van der Waals surface area contributed by atoms with Crippen molar-refractivity contribution in [3.63, 3.8) is 0 Å². The molecule has 0 radical (unpaired) electrons. The smallest absolute Gasteiger partial charge is 0.265 e. The molecule has 1 aliphatic heterocycles. The number of carbonyl (C=O) groups excluding carboxylic acids is 1. The summed E-state index contributed by atoms with van der Waals surface area (Å²) in [7, 11) is 1.15. The first kappa shape index (κ1) is 13.2. The van der Waals surface area contributed by atoms with Crippen molar-refractivity contribution < 1.29 is 13.2 Å². The van der Waals surface area contributed by atoms with E-state index in [0.29, 0.717) is 0 Å². The molecule has 0 aromatic heterocycles. The molecule has 0 saturated carbocycles. The number of nitrogens with one attached hydrogen (secondary N) is 1. The van der Waals surface area contributed by atoms with Crippen LogP contribution in [-0.4, -0.2) is 14.3 Å². The highest BCUT2D eigenvalue weighted by atomic mass is 35.7. The number of fused-ring (bicyclic) bond motifs is 1. The van der Waals surface area contributed by atoms with Crippen molar-refractivity contribution in [2.75, 3.05) is 5.32 Å². The molecule has 92 valence electrons. The molecule has 0 spiro atoms. The number of alkyl halides is 2. The summed E-state index contributed by atoms with van der Waals surface area (Å²) in [6.07, 6.45) is 0. The Hall–Kier alpha value is -0.200. The predicted octanol–water partition coefficient (Wildman–Crippen LogP) is 2.85. The molecule has 1 heterocycles. The number of amides is 1. The quantitative estimate of drug-likeness (QED) is 0.634. The van der Waals surface area contributed by atoms with E-state index in [0.717, 1.165) is 6.07 Å². The summed E-state index contributed by atoms with van der Waals surface area (Å²) >= 11 is 17.3. The average Bonchev–Trinajstić information content (AvgIpc) is 2.34. The molecule has 0 bridgehead atoms. The van der Waals surface area contributed by atoms with Gasteiger partial charge in [0.25, 0.3) is 15.0 Å². The molecule has 2 rings (SSSR count). The van der Waals surface area contributed by atoms with Crippen molar-refractivity contribution in [1.29, 1.82) is 0 Å². The third-order valence-electron chi connectivity index (χ3n) is 2.21. The van der Waals surface area contributed by atoms with E-state index < -0.39 is 19.3 Å². The summed E-state index contributed by atoms with van der Waals surface area (Å²) in [5.41, 5.74) is 0.364. The Labute approximate surface area is 116 Å². The van der Waals surface area contributed by atoms with Crippen LogP contribution >= 0.6 is 45.5 Å². The summed E-state index contributed by atoms with van der Waals surface area (Å²) in [6, 6.07) is 2.31. The number of hydrogen-bond acceptors (Lipinski definition) is 3. The van der Waals surface area contributed by atoms with Gasteiger partial charge in [-0.3, -0.25) is 4.79 Å². The number of rotatable bonds is 1. The Morgan fingerprint density at radius 3 is 2.35 bits per heavy atom. The molecule has 1 aromatic rings. The van der Waals surface area contributed by atoms with Gasteiger partial charge in [0.05, 0.1) is 5.02 Å². The lowest BCUT2D eigenvalue weighted by atomic mass is 10.1. The third-order valence-corrected chi connectivity index (χ3v) is 4.74. The lowest BCUT2D eigenvalue weighted by Crippen LogP contribution is -2.21. The minimum Gasteiger partial charge on any atom is -0.323 e. The maximum absolute atomic E-state index is 11.4. The average molecular weight is 335 g/mol. The fourth-order valence-electron chi connectivity index (χ4n) is 1.43. The van der Waals surface area contributed by atoms with E-state index in [1.807, 2.05) is 0 Å². The molecule has 0 aliphatic carbocycles.